The Morgan fingerprint density at radius 3 is 2.56 bits per heavy atom. The molecule has 0 bridgehead atoms. The lowest BCUT2D eigenvalue weighted by Gasteiger charge is -2.37. The largest absolute Gasteiger partial charge is 0.459 e. The van der Waals surface area contributed by atoms with Crippen LogP contribution in [-0.2, 0) is 16.0 Å². The van der Waals surface area contributed by atoms with E-state index in [0.717, 1.165) is 32.4 Å². The minimum atomic E-state index is -0.306. The number of hydrogen-bond donors (Lipinski definition) is 1. The number of nitrogens with one attached hydrogen (secondary N) is 1. The Hall–Kier alpha value is -1.35. The van der Waals surface area contributed by atoms with Crippen LogP contribution in [-0.4, -0.2) is 24.7 Å². The van der Waals surface area contributed by atoms with E-state index in [0.29, 0.717) is 6.42 Å². The highest BCUT2D eigenvalue weighted by atomic mass is 16.6. The van der Waals surface area contributed by atoms with Gasteiger partial charge in [-0.3, -0.25) is 4.79 Å². The lowest BCUT2D eigenvalue weighted by molar-refractivity contribution is -0.162. The highest BCUT2D eigenvalue weighted by molar-refractivity contribution is 5.69. The summed E-state index contributed by atoms with van der Waals surface area (Å²) in [4.78, 5) is 11.6. The highest BCUT2D eigenvalue weighted by Gasteiger charge is 2.35. The van der Waals surface area contributed by atoms with Gasteiger partial charge in [-0.2, -0.15) is 0 Å². The van der Waals surface area contributed by atoms with Crippen molar-refractivity contribution >= 4 is 5.97 Å². The predicted octanol–water partition coefficient (Wildman–Crippen LogP) is 2.30. The van der Waals surface area contributed by atoms with Crippen LogP contribution in [0.3, 0.4) is 0 Å². The van der Waals surface area contributed by atoms with Crippen molar-refractivity contribution in [2.75, 3.05) is 13.1 Å². The molecule has 0 spiro atoms. The van der Waals surface area contributed by atoms with E-state index < -0.39 is 0 Å². The van der Waals surface area contributed by atoms with E-state index in [9.17, 15) is 4.79 Å². The molecule has 1 N–H and O–H groups in total. The molecule has 1 aromatic rings. The second kappa shape index (κ2) is 6.01. The van der Waals surface area contributed by atoms with Crippen LogP contribution < -0.4 is 5.32 Å². The first kappa shape index (κ1) is 13.1. The average molecular weight is 247 g/mol. The van der Waals surface area contributed by atoms with Gasteiger partial charge >= 0.3 is 5.97 Å². The third kappa shape index (κ3) is 3.33. The molecule has 1 aliphatic heterocycles. The lowest BCUT2D eigenvalue weighted by atomic mass is 9.85. The Bertz CT molecular complexity index is 383. The van der Waals surface area contributed by atoms with Crippen molar-refractivity contribution < 1.29 is 9.53 Å². The normalized spacial score (nSPS) is 18.3. The number of rotatable bonds is 4. The zero-order valence-corrected chi connectivity index (χ0v) is 10.9. The minimum absolute atomic E-state index is 0.0900. The maximum absolute atomic E-state index is 11.6. The fourth-order valence-corrected chi connectivity index (χ4v) is 2.48. The van der Waals surface area contributed by atoms with E-state index in [-0.39, 0.29) is 11.6 Å². The smallest absolute Gasteiger partial charge is 0.306 e. The minimum Gasteiger partial charge on any atom is -0.459 e. The summed E-state index contributed by atoms with van der Waals surface area (Å²) in [5.74, 6) is -0.0900. The molecule has 0 aliphatic carbocycles. The summed E-state index contributed by atoms with van der Waals surface area (Å²) >= 11 is 0. The molecule has 2 rings (SSSR count). The zero-order valence-electron chi connectivity index (χ0n) is 10.9. The maximum atomic E-state index is 11.6. The SMILES string of the molecule is CCC(=O)OC1(Cc2ccccc2)CCNCC1. The van der Waals surface area contributed by atoms with Crippen LogP contribution >= 0.6 is 0 Å². The first-order valence-corrected chi connectivity index (χ1v) is 6.71. The molecule has 0 radical (unpaired) electrons. The van der Waals surface area contributed by atoms with Crippen LogP contribution in [0.4, 0.5) is 0 Å². The fourth-order valence-electron chi connectivity index (χ4n) is 2.48. The van der Waals surface area contributed by atoms with E-state index >= 15 is 0 Å². The number of piperidine rings is 1. The van der Waals surface area contributed by atoms with Crippen molar-refractivity contribution in [1.82, 2.24) is 5.32 Å². The summed E-state index contributed by atoms with van der Waals surface area (Å²) in [5.41, 5.74) is 0.933. The van der Waals surface area contributed by atoms with Crippen LogP contribution in [0.5, 0.6) is 0 Å². The summed E-state index contributed by atoms with van der Waals surface area (Å²) in [7, 11) is 0. The first-order valence-electron chi connectivity index (χ1n) is 6.71. The summed E-state index contributed by atoms with van der Waals surface area (Å²) in [5, 5.41) is 3.33. The van der Waals surface area contributed by atoms with Gasteiger partial charge in [0.05, 0.1) is 0 Å². The second-order valence-electron chi connectivity index (χ2n) is 4.92. The monoisotopic (exact) mass is 247 g/mol. The third-order valence-corrected chi connectivity index (χ3v) is 3.50. The number of carbonyl (C=O) groups excluding carboxylic acids is 1. The predicted molar refractivity (Wildman–Crippen MR) is 71.4 cm³/mol. The molecule has 0 saturated carbocycles. The van der Waals surface area contributed by atoms with Gasteiger partial charge in [-0.1, -0.05) is 37.3 Å². The molecule has 1 fully saturated rings. The summed E-state index contributed by atoms with van der Waals surface area (Å²) in [6.07, 6.45) is 3.06. The second-order valence-corrected chi connectivity index (χ2v) is 4.92. The van der Waals surface area contributed by atoms with Crippen molar-refractivity contribution in [3.8, 4) is 0 Å². The van der Waals surface area contributed by atoms with Gasteiger partial charge in [-0.05, 0) is 18.7 Å². The first-order chi connectivity index (χ1) is 8.74. The van der Waals surface area contributed by atoms with Crippen molar-refractivity contribution in [3.05, 3.63) is 35.9 Å². The molecule has 0 amide bonds. The maximum Gasteiger partial charge on any atom is 0.306 e. The van der Waals surface area contributed by atoms with Crippen LogP contribution in [0.1, 0.15) is 31.7 Å². The van der Waals surface area contributed by atoms with Crippen molar-refractivity contribution in [2.24, 2.45) is 0 Å². The van der Waals surface area contributed by atoms with Gasteiger partial charge in [-0.15, -0.1) is 0 Å². The Labute approximate surface area is 109 Å². The molecule has 3 heteroatoms. The number of benzene rings is 1. The van der Waals surface area contributed by atoms with Gasteiger partial charge in [0.2, 0.25) is 0 Å². The number of ether oxygens (including phenoxy) is 1. The van der Waals surface area contributed by atoms with E-state index in [1.165, 1.54) is 5.56 Å². The van der Waals surface area contributed by atoms with Crippen molar-refractivity contribution in [2.45, 2.75) is 38.2 Å². The lowest BCUT2D eigenvalue weighted by Crippen LogP contribution is -2.46. The summed E-state index contributed by atoms with van der Waals surface area (Å²) in [6, 6.07) is 10.3. The average Bonchev–Trinajstić information content (AvgIpc) is 2.40. The highest BCUT2D eigenvalue weighted by Crippen LogP contribution is 2.28. The van der Waals surface area contributed by atoms with Crippen molar-refractivity contribution in [1.29, 1.82) is 0 Å². The van der Waals surface area contributed by atoms with E-state index in [1.807, 2.05) is 25.1 Å². The molecule has 0 atom stereocenters. The molecule has 1 aliphatic rings. The molecule has 0 unspecified atom stereocenters. The number of hydrogen-bond acceptors (Lipinski definition) is 3. The topological polar surface area (TPSA) is 38.3 Å². The molecule has 18 heavy (non-hydrogen) atoms. The standard InChI is InChI=1S/C15H21NO2/c1-2-14(17)18-15(8-10-16-11-9-15)12-13-6-4-3-5-7-13/h3-7,16H,2,8-12H2,1H3. The zero-order chi connectivity index (χ0) is 12.8. The van der Waals surface area contributed by atoms with Gasteiger partial charge < -0.3 is 10.1 Å². The van der Waals surface area contributed by atoms with Crippen LogP contribution in [0.25, 0.3) is 0 Å². The number of carbonyl (C=O) groups is 1. The van der Waals surface area contributed by atoms with Crippen LogP contribution in [0.2, 0.25) is 0 Å². The molecule has 0 aromatic heterocycles. The molecule has 1 saturated heterocycles. The van der Waals surface area contributed by atoms with Gasteiger partial charge in [0.15, 0.2) is 0 Å². The van der Waals surface area contributed by atoms with Crippen LogP contribution in [0, 0.1) is 0 Å². The van der Waals surface area contributed by atoms with Gasteiger partial charge in [0.25, 0.3) is 0 Å². The molecule has 98 valence electrons. The molecular weight excluding hydrogens is 226 g/mol. The summed E-state index contributed by atoms with van der Waals surface area (Å²) < 4.78 is 5.75. The van der Waals surface area contributed by atoms with Crippen molar-refractivity contribution in [3.63, 3.8) is 0 Å². The van der Waals surface area contributed by atoms with Gasteiger partial charge in [0, 0.05) is 25.7 Å². The molecule has 1 heterocycles. The van der Waals surface area contributed by atoms with E-state index in [1.54, 1.807) is 0 Å². The Morgan fingerprint density at radius 2 is 1.94 bits per heavy atom. The Kier molecular flexibility index (Phi) is 4.37. The molecular formula is C15H21NO2. The molecule has 1 aromatic carbocycles. The van der Waals surface area contributed by atoms with Crippen LogP contribution in [0.15, 0.2) is 30.3 Å². The third-order valence-electron chi connectivity index (χ3n) is 3.50. The van der Waals surface area contributed by atoms with Gasteiger partial charge in [-0.25, -0.2) is 0 Å². The van der Waals surface area contributed by atoms with E-state index in [2.05, 4.69) is 17.4 Å². The fraction of sp³-hybridized carbons (Fsp3) is 0.533. The Morgan fingerprint density at radius 1 is 1.28 bits per heavy atom. The van der Waals surface area contributed by atoms with E-state index in [4.69, 9.17) is 4.74 Å². The Balaban J connectivity index is 2.11. The molecule has 3 nitrogen and oxygen atoms in total. The number of esters is 1. The quantitative estimate of drug-likeness (QED) is 0.830. The van der Waals surface area contributed by atoms with Gasteiger partial charge in [0.1, 0.15) is 5.60 Å². The summed E-state index contributed by atoms with van der Waals surface area (Å²) in [6.45, 7) is 3.69.